The molecule has 1 aromatic carbocycles. The predicted molar refractivity (Wildman–Crippen MR) is 80.6 cm³/mol. The number of hydrogen-bond acceptors (Lipinski definition) is 3. The molecule has 0 saturated carbocycles. The van der Waals surface area contributed by atoms with Gasteiger partial charge in [-0.15, -0.1) is 0 Å². The molecule has 22 heavy (non-hydrogen) atoms. The van der Waals surface area contributed by atoms with Crippen LogP contribution in [0.15, 0.2) is 42.7 Å². The lowest BCUT2D eigenvalue weighted by molar-refractivity contribution is -0.134. The summed E-state index contributed by atoms with van der Waals surface area (Å²) in [4.78, 5) is 14.4. The van der Waals surface area contributed by atoms with E-state index in [9.17, 15) is 9.18 Å². The van der Waals surface area contributed by atoms with Crippen molar-refractivity contribution in [3.8, 4) is 0 Å². The molecule has 0 bridgehead atoms. The second kappa shape index (κ2) is 6.70. The minimum atomic E-state index is -0.271. The second-order valence-electron chi connectivity index (χ2n) is 5.38. The van der Waals surface area contributed by atoms with Crippen LogP contribution in [0.5, 0.6) is 0 Å². The molecule has 1 unspecified atom stereocenters. The van der Waals surface area contributed by atoms with Crippen LogP contribution in [0, 0.1) is 5.82 Å². The number of carbonyl (C=O) groups is 1. The highest BCUT2D eigenvalue weighted by Crippen LogP contribution is 2.23. The van der Waals surface area contributed by atoms with Crippen LogP contribution in [0.3, 0.4) is 0 Å². The highest BCUT2D eigenvalue weighted by molar-refractivity contribution is 5.76. The van der Waals surface area contributed by atoms with Crippen molar-refractivity contribution in [1.29, 1.82) is 0 Å². The van der Waals surface area contributed by atoms with E-state index in [0.29, 0.717) is 26.1 Å². The molecule has 1 fully saturated rings. The first-order valence-electron chi connectivity index (χ1n) is 7.47. The van der Waals surface area contributed by atoms with Crippen LogP contribution < -0.4 is 5.32 Å². The van der Waals surface area contributed by atoms with Gasteiger partial charge in [-0.05, 0) is 23.8 Å². The van der Waals surface area contributed by atoms with E-state index in [0.717, 1.165) is 12.1 Å². The Morgan fingerprint density at radius 3 is 3.09 bits per heavy atom. The van der Waals surface area contributed by atoms with E-state index in [1.54, 1.807) is 16.9 Å². The minimum Gasteiger partial charge on any atom is -0.333 e. The molecule has 1 amide bonds. The van der Waals surface area contributed by atoms with E-state index in [4.69, 9.17) is 0 Å². The molecule has 3 rings (SSSR count). The first-order chi connectivity index (χ1) is 10.7. The first-order valence-corrected chi connectivity index (χ1v) is 7.47. The Bertz CT molecular complexity index is 629. The molecule has 0 radical (unpaired) electrons. The number of aromatic nitrogens is 2. The topological polar surface area (TPSA) is 50.2 Å². The van der Waals surface area contributed by atoms with E-state index >= 15 is 0 Å². The molecule has 1 aromatic heterocycles. The van der Waals surface area contributed by atoms with Crippen LogP contribution in [-0.2, 0) is 11.3 Å². The molecule has 1 atom stereocenters. The number of nitrogens with one attached hydrogen (secondary N) is 1. The zero-order chi connectivity index (χ0) is 15.4. The van der Waals surface area contributed by atoms with Crippen LogP contribution in [0.25, 0.3) is 0 Å². The first kappa shape index (κ1) is 14.7. The van der Waals surface area contributed by atoms with Gasteiger partial charge >= 0.3 is 0 Å². The van der Waals surface area contributed by atoms with Gasteiger partial charge in [0.15, 0.2) is 0 Å². The molecule has 0 aliphatic carbocycles. The van der Waals surface area contributed by atoms with Crippen molar-refractivity contribution in [3.05, 3.63) is 54.1 Å². The average molecular weight is 302 g/mol. The fourth-order valence-corrected chi connectivity index (χ4v) is 2.80. The van der Waals surface area contributed by atoms with Crippen molar-refractivity contribution in [2.75, 3.05) is 19.6 Å². The number of piperazine rings is 1. The van der Waals surface area contributed by atoms with Crippen molar-refractivity contribution < 1.29 is 9.18 Å². The van der Waals surface area contributed by atoms with Gasteiger partial charge in [-0.25, -0.2) is 4.39 Å². The van der Waals surface area contributed by atoms with Crippen LogP contribution in [0.2, 0.25) is 0 Å². The van der Waals surface area contributed by atoms with Gasteiger partial charge < -0.3 is 10.2 Å². The Labute approximate surface area is 128 Å². The lowest BCUT2D eigenvalue weighted by atomic mass is 10.0. The maximum absolute atomic E-state index is 13.4. The van der Waals surface area contributed by atoms with Crippen LogP contribution >= 0.6 is 0 Å². The van der Waals surface area contributed by atoms with Crippen molar-refractivity contribution in [2.45, 2.75) is 19.0 Å². The van der Waals surface area contributed by atoms with Crippen molar-refractivity contribution in [1.82, 2.24) is 20.0 Å². The molecule has 1 aliphatic rings. The fraction of sp³-hybridized carbons (Fsp3) is 0.375. The summed E-state index contributed by atoms with van der Waals surface area (Å²) in [6, 6.07) is 8.20. The number of halogens is 1. The molecular weight excluding hydrogens is 283 g/mol. The van der Waals surface area contributed by atoms with Crippen LogP contribution in [-0.4, -0.2) is 40.2 Å². The molecule has 6 heteroatoms. The van der Waals surface area contributed by atoms with Gasteiger partial charge in [0.1, 0.15) is 5.82 Å². The van der Waals surface area contributed by atoms with Crippen molar-refractivity contribution in [3.63, 3.8) is 0 Å². The molecule has 2 aromatic rings. The molecular formula is C16H19FN4O. The van der Waals surface area contributed by atoms with Crippen LogP contribution in [0.1, 0.15) is 18.0 Å². The smallest absolute Gasteiger partial charge is 0.225 e. The minimum absolute atomic E-state index is 0.0752. The normalized spacial score (nSPS) is 18.4. The van der Waals surface area contributed by atoms with Gasteiger partial charge in [0, 0.05) is 45.0 Å². The summed E-state index contributed by atoms with van der Waals surface area (Å²) in [6.07, 6.45) is 3.94. The number of rotatable bonds is 4. The largest absolute Gasteiger partial charge is 0.333 e. The molecule has 2 heterocycles. The maximum Gasteiger partial charge on any atom is 0.225 e. The van der Waals surface area contributed by atoms with Gasteiger partial charge in [-0.3, -0.25) is 9.48 Å². The number of carbonyl (C=O) groups excluding carboxylic acids is 1. The number of nitrogens with zero attached hydrogens (tertiary/aromatic N) is 3. The summed E-state index contributed by atoms with van der Waals surface area (Å²) in [5, 5.41) is 7.38. The van der Waals surface area contributed by atoms with Crippen molar-refractivity contribution >= 4 is 5.91 Å². The highest BCUT2D eigenvalue weighted by atomic mass is 19.1. The van der Waals surface area contributed by atoms with Crippen molar-refractivity contribution in [2.24, 2.45) is 0 Å². The average Bonchev–Trinajstić information content (AvgIpc) is 3.06. The predicted octanol–water partition coefficient (Wildman–Crippen LogP) is 1.59. The monoisotopic (exact) mass is 302 g/mol. The summed E-state index contributed by atoms with van der Waals surface area (Å²) >= 11 is 0. The molecule has 0 spiro atoms. The number of benzene rings is 1. The summed E-state index contributed by atoms with van der Waals surface area (Å²) in [5.41, 5.74) is 0.833. The molecule has 116 valence electrons. The Morgan fingerprint density at radius 1 is 1.41 bits per heavy atom. The van der Waals surface area contributed by atoms with E-state index in [1.165, 1.54) is 12.1 Å². The summed E-state index contributed by atoms with van der Waals surface area (Å²) in [5.74, 6) is -0.196. The molecule has 1 saturated heterocycles. The highest BCUT2D eigenvalue weighted by Gasteiger charge is 2.27. The summed E-state index contributed by atoms with van der Waals surface area (Å²) in [6.45, 7) is 2.61. The van der Waals surface area contributed by atoms with Gasteiger partial charge in [-0.1, -0.05) is 12.1 Å². The standard InChI is InChI=1S/C16H19FN4O/c17-14-4-1-3-13(11-14)15-12-18-7-10-21(15)16(22)5-9-20-8-2-6-19-20/h1-4,6,8,11,15,18H,5,7,9-10,12H2. The second-order valence-corrected chi connectivity index (χ2v) is 5.38. The quantitative estimate of drug-likeness (QED) is 0.933. The van der Waals surface area contributed by atoms with E-state index in [-0.39, 0.29) is 17.8 Å². The zero-order valence-electron chi connectivity index (χ0n) is 12.3. The summed E-state index contributed by atoms with van der Waals surface area (Å²) < 4.78 is 15.2. The third-order valence-corrected chi connectivity index (χ3v) is 3.91. The third-order valence-electron chi connectivity index (χ3n) is 3.91. The van der Waals surface area contributed by atoms with E-state index in [2.05, 4.69) is 10.4 Å². The van der Waals surface area contributed by atoms with E-state index in [1.807, 2.05) is 23.2 Å². The summed E-state index contributed by atoms with van der Waals surface area (Å²) in [7, 11) is 0. The Hall–Kier alpha value is -2.21. The molecule has 5 nitrogen and oxygen atoms in total. The lowest BCUT2D eigenvalue weighted by Crippen LogP contribution is -2.48. The Kier molecular flexibility index (Phi) is 4.48. The Morgan fingerprint density at radius 2 is 2.32 bits per heavy atom. The maximum atomic E-state index is 13.4. The van der Waals surface area contributed by atoms with Gasteiger partial charge in [-0.2, -0.15) is 5.10 Å². The number of hydrogen-bond donors (Lipinski definition) is 1. The SMILES string of the molecule is O=C(CCn1cccn1)N1CCNCC1c1cccc(F)c1. The van der Waals surface area contributed by atoms with Crippen LogP contribution in [0.4, 0.5) is 4.39 Å². The lowest BCUT2D eigenvalue weighted by Gasteiger charge is -2.36. The Balaban J connectivity index is 1.70. The number of amides is 1. The van der Waals surface area contributed by atoms with E-state index < -0.39 is 0 Å². The zero-order valence-corrected chi connectivity index (χ0v) is 12.3. The van der Waals surface area contributed by atoms with Gasteiger partial charge in [0.2, 0.25) is 5.91 Å². The fourth-order valence-electron chi connectivity index (χ4n) is 2.80. The van der Waals surface area contributed by atoms with Gasteiger partial charge in [0.25, 0.3) is 0 Å². The molecule has 1 N–H and O–H groups in total. The number of aryl methyl sites for hydroxylation is 1. The van der Waals surface area contributed by atoms with Gasteiger partial charge in [0.05, 0.1) is 6.04 Å². The molecule has 1 aliphatic heterocycles. The third kappa shape index (κ3) is 3.33.